The standard InChI is InChI=1S/C18H20N2O/c1-2-13-7-8-15(20-12-13)11-17(21)18-16-6-4-3-5-14(16)9-10-19-18/h3-8,12,18-19H,2,9-11H2,1H3. The lowest BCUT2D eigenvalue weighted by molar-refractivity contribution is -0.120. The van der Waals surface area contributed by atoms with Crippen molar-refractivity contribution < 1.29 is 4.79 Å². The van der Waals surface area contributed by atoms with Crippen LogP contribution in [0.1, 0.15) is 35.3 Å². The molecule has 1 atom stereocenters. The van der Waals surface area contributed by atoms with E-state index in [9.17, 15) is 4.79 Å². The Morgan fingerprint density at radius 3 is 2.90 bits per heavy atom. The van der Waals surface area contributed by atoms with Crippen LogP contribution in [-0.2, 0) is 24.1 Å². The Morgan fingerprint density at radius 1 is 1.29 bits per heavy atom. The van der Waals surface area contributed by atoms with Gasteiger partial charge in [0.1, 0.15) is 0 Å². The van der Waals surface area contributed by atoms with Crippen LogP contribution in [0.3, 0.4) is 0 Å². The minimum absolute atomic E-state index is 0.192. The molecule has 1 aromatic heterocycles. The van der Waals surface area contributed by atoms with Crippen molar-refractivity contribution in [3.8, 4) is 0 Å². The van der Waals surface area contributed by atoms with Gasteiger partial charge in [-0.15, -0.1) is 0 Å². The van der Waals surface area contributed by atoms with Gasteiger partial charge in [0.05, 0.1) is 12.5 Å². The van der Waals surface area contributed by atoms with Crippen molar-refractivity contribution in [1.82, 2.24) is 10.3 Å². The summed E-state index contributed by atoms with van der Waals surface area (Å²) in [5.41, 5.74) is 4.46. The number of fused-ring (bicyclic) bond motifs is 1. The Kier molecular flexibility index (Phi) is 4.11. The van der Waals surface area contributed by atoms with Gasteiger partial charge in [-0.1, -0.05) is 37.3 Å². The molecule has 1 aliphatic rings. The number of carbonyl (C=O) groups excluding carboxylic acids is 1. The Morgan fingerprint density at radius 2 is 2.14 bits per heavy atom. The summed E-state index contributed by atoms with van der Waals surface area (Å²) in [4.78, 5) is 17.0. The van der Waals surface area contributed by atoms with Gasteiger partial charge in [0.25, 0.3) is 0 Å². The maximum atomic E-state index is 12.6. The van der Waals surface area contributed by atoms with E-state index in [1.165, 1.54) is 11.1 Å². The highest BCUT2D eigenvalue weighted by Crippen LogP contribution is 2.24. The van der Waals surface area contributed by atoms with Crippen LogP contribution in [-0.4, -0.2) is 17.3 Å². The molecule has 0 spiro atoms. The lowest BCUT2D eigenvalue weighted by Crippen LogP contribution is -2.36. The average Bonchev–Trinajstić information content (AvgIpc) is 2.55. The summed E-state index contributed by atoms with van der Waals surface area (Å²) in [6.45, 7) is 2.96. The van der Waals surface area contributed by atoms with E-state index >= 15 is 0 Å². The van der Waals surface area contributed by atoms with Crippen molar-refractivity contribution in [3.05, 3.63) is 65.0 Å². The molecule has 3 nitrogen and oxygen atoms in total. The van der Waals surface area contributed by atoms with E-state index in [2.05, 4.69) is 35.4 Å². The summed E-state index contributed by atoms with van der Waals surface area (Å²) in [6.07, 6.45) is 4.21. The zero-order chi connectivity index (χ0) is 14.7. The van der Waals surface area contributed by atoms with Crippen molar-refractivity contribution in [2.45, 2.75) is 32.2 Å². The quantitative estimate of drug-likeness (QED) is 0.936. The lowest BCUT2D eigenvalue weighted by atomic mass is 9.90. The average molecular weight is 280 g/mol. The first kappa shape index (κ1) is 14.0. The van der Waals surface area contributed by atoms with Crippen molar-refractivity contribution in [2.75, 3.05) is 6.54 Å². The number of nitrogens with zero attached hydrogens (tertiary/aromatic N) is 1. The molecule has 1 aromatic carbocycles. The maximum absolute atomic E-state index is 12.6. The summed E-state index contributed by atoms with van der Waals surface area (Å²) < 4.78 is 0. The molecule has 0 bridgehead atoms. The fraction of sp³-hybridized carbons (Fsp3) is 0.333. The number of pyridine rings is 1. The number of rotatable bonds is 4. The van der Waals surface area contributed by atoms with Crippen molar-refractivity contribution >= 4 is 5.78 Å². The zero-order valence-electron chi connectivity index (χ0n) is 12.3. The highest BCUT2D eigenvalue weighted by atomic mass is 16.1. The number of aromatic nitrogens is 1. The predicted molar refractivity (Wildman–Crippen MR) is 83.2 cm³/mol. The fourth-order valence-corrected chi connectivity index (χ4v) is 2.84. The second-order valence-corrected chi connectivity index (χ2v) is 5.49. The van der Waals surface area contributed by atoms with Crippen LogP contribution < -0.4 is 5.32 Å². The molecule has 2 heterocycles. The van der Waals surface area contributed by atoms with Crippen molar-refractivity contribution in [2.24, 2.45) is 0 Å². The topological polar surface area (TPSA) is 42.0 Å². The maximum Gasteiger partial charge on any atom is 0.160 e. The largest absolute Gasteiger partial charge is 0.303 e. The van der Waals surface area contributed by atoms with Crippen LogP contribution in [0.15, 0.2) is 42.6 Å². The van der Waals surface area contributed by atoms with Crippen LogP contribution in [0.25, 0.3) is 0 Å². The molecule has 3 heteroatoms. The number of carbonyl (C=O) groups is 1. The van der Waals surface area contributed by atoms with E-state index in [0.717, 1.165) is 30.6 Å². The van der Waals surface area contributed by atoms with Gasteiger partial charge in [0.2, 0.25) is 0 Å². The molecule has 0 saturated heterocycles. The molecule has 1 aliphatic heterocycles. The normalized spacial score (nSPS) is 17.3. The number of Topliss-reactive ketones (excluding diaryl/α,β-unsaturated/α-hetero) is 1. The number of hydrogen-bond acceptors (Lipinski definition) is 3. The van der Waals surface area contributed by atoms with Crippen LogP contribution in [0, 0.1) is 0 Å². The van der Waals surface area contributed by atoms with Crippen LogP contribution in [0.4, 0.5) is 0 Å². The van der Waals surface area contributed by atoms with Gasteiger partial charge in [-0.05, 0) is 35.6 Å². The molecule has 108 valence electrons. The summed E-state index contributed by atoms with van der Waals surface area (Å²) in [7, 11) is 0. The fourth-order valence-electron chi connectivity index (χ4n) is 2.84. The monoisotopic (exact) mass is 280 g/mol. The molecule has 3 rings (SSSR count). The summed E-state index contributed by atoms with van der Waals surface area (Å²) >= 11 is 0. The zero-order valence-corrected chi connectivity index (χ0v) is 12.3. The first-order valence-corrected chi connectivity index (χ1v) is 7.55. The third-order valence-electron chi connectivity index (χ3n) is 4.08. The van der Waals surface area contributed by atoms with E-state index in [-0.39, 0.29) is 11.8 Å². The Hall–Kier alpha value is -2.00. The molecule has 0 saturated carbocycles. The Balaban J connectivity index is 1.76. The SMILES string of the molecule is CCc1ccc(CC(=O)C2NCCc3ccccc32)nc1. The summed E-state index contributed by atoms with van der Waals surface area (Å²) in [6, 6.07) is 12.0. The van der Waals surface area contributed by atoms with Crippen molar-refractivity contribution in [1.29, 1.82) is 0 Å². The molecule has 1 unspecified atom stereocenters. The van der Waals surface area contributed by atoms with Gasteiger partial charge in [0.15, 0.2) is 5.78 Å². The van der Waals surface area contributed by atoms with Crippen molar-refractivity contribution in [3.63, 3.8) is 0 Å². The molecular formula is C18H20N2O. The summed E-state index contributed by atoms with van der Waals surface area (Å²) in [5.74, 6) is 0.193. The van der Waals surface area contributed by atoms with Crippen LogP contribution in [0.5, 0.6) is 0 Å². The van der Waals surface area contributed by atoms with E-state index in [0.29, 0.717) is 6.42 Å². The van der Waals surface area contributed by atoms with Gasteiger partial charge in [0, 0.05) is 18.4 Å². The van der Waals surface area contributed by atoms with E-state index in [1.807, 2.05) is 24.4 Å². The van der Waals surface area contributed by atoms with Gasteiger partial charge in [-0.3, -0.25) is 9.78 Å². The number of benzene rings is 1. The van der Waals surface area contributed by atoms with E-state index in [1.54, 1.807) is 0 Å². The molecule has 2 aromatic rings. The third-order valence-corrected chi connectivity index (χ3v) is 4.08. The van der Waals surface area contributed by atoms with Gasteiger partial charge in [-0.25, -0.2) is 0 Å². The highest BCUT2D eigenvalue weighted by molar-refractivity contribution is 5.87. The lowest BCUT2D eigenvalue weighted by Gasteiger charge is -2.25. The smallest absolute Gasteiger partial charge is 0.160 e. The molecule has 0 amide bonds. The first-order chi connectivity index (χ1) is 10.3. The second-order valence-electron chi connectivity index (χ2n) is 5.49. The van der Waals surface area contributed by atoms with E-state index in [4.69, 9.17) is 0 Å². The predicted octanol–water partition coefficient (Wildman–Crippen LogP) is 2.64. The second kappa shape index (κ2) is 6.19. The molecule has 0 radical (unpaired) electrons. The number of hydrogen-bond donors (Lipinski definition) is 1. The minimum Gasteiger partial charge on any atom is -0.303 e. The molecule has 0 fully saturated rings. The number of nitrogens with one attached hydrogen (secondary N) is 1. The third kappa shape index (κ3) is 3.03. The van der Waals surface area contributed by atoms with Crippen LogP contribution >= 0.6 is 0 Å². The van der Waals surface area contributed by atoms with E-state index < -0.39 is 0 Å². The molecule has 1 N–H and O–H groups in total. The van der Waals surface area contributed by atoms with Gasteiger partial charge >= 0.3 is 0 Å². The Labute approximate surface area is 125 Å². The van der Waals surface area contributed by atoms with Crippen LogP contribution in [0.2, 0.25) is 0 Å². The van der Waals surface area contributed by atoms with Gasteiger partial charge in [-0.2, -0.15) is 0 Å². The number of aryl methyl sites for hydroxylation is 1. The van der Waals surface area contributed by atoms with Gasteiger partial charge < -0.3 is 5.32 Å². The highest BCUT2D eigenvalue weighted by Gasteiger charge is 2.25. The molecule has 0 aliphatic carbocycles. The Bertz CT molecular complexity index is 634. The minimum atomic E-state index is -0.192. The molecule has 21 heavy (non-hydrogen) atoms. The summed E-state index contributed by atoms with van der Waals surface area (Å²) in [5, 5.41) is 3.34. The number of ketones is 1. The molecular weight excluding hydrogens is 260 g/mol. The first-order valence-electron chi connectivity index (χ1n) is 7.55.